The summed E-state index contributed by atoms with van der Waals surface area (Å²) in [6, 6.07) is 12.6. The average Bonchev–Trinajstić information content (AvgIpc) is 3.22. The van der Waals surface area contributed by atoms with Crippen molar-refractivity contribution in [3.8, 4) is 0 Å². The lowest BCUT2D eigenvalue weighted by Gasteiger charge is -2.30. The molecule has 1 amide bonds. The van der Waals surface area contributed by atoms with Gasteiger partial charge in [0.1, 0.15) is 0 Å². The quantitative estimate of drug-likeness (QED) is 0.698. The van der Waals surface area contributed by atoms with Crippen LogP contribution in [0.3, 0.4) is 0 Å². The monoisotopic (exact) mass is 430 g/mol. The summed E-state index contributed by atoms with van der Waals surface area (Å²) < 4.78 is 26.6. The van der Waals surface area contributed by atoms with Crippen molar-refractivity contribution in [2.45, 2.75) is 37.5 Å². The second kappa shape index (κ2) is 7.50. The van der Waals surface area contributed by atoms with Gasteiger partial charge >= 0.3 is 0 Å². The van der Waals surface area contributed by atoms with Gasteiger partial charge in [0.2, 0.25) is 9.84 Å². The summed E-state index contributed by atoms with van der Waals surface area (Å²) in [6.07, 6.45) is 3.24. The standard InChI is InChI=1S/C22H23ClN2O3S/c1-15(2)16-6-5-7-18(12-16)25-14-21(22(26)24-10-3-4-11-24)29(27,28)20-9-8-17(23)13-19(20)25/h5-9,12-15H,3-4,10-11H2,1-2H3. The van der Waals surface area contributed by atoms with Crippen LogP contribution in [0.2, 0.25) is 5.02 Å². The van der Waals surface area contributed by atoms with E-state index in [2.05, 4.69) is 13.8 Å². The Morgan fingerprint density at radius 3 is 2.48 bits per heavy atom. The van der Waals surface area contributed by atoms with Crippen LogP contribution in [0.25, 0.3) is 0 Å². The van der Waals surface area contributed by atoms with Gasteiger partial charge in [0.05, 0.1) is 10.6 Å². The highest BCUT2D eigenvalue weighted by Crippen LogP contribution is 2.42. The summed E-state index contributed by atoms with van der Waals surface area (Å²) in [5.41, 5.74) is 2.37. The summed E-state index contributed by atoms with van der Waals surface area (Å²) in [5, 5.41) is 0.437. The number of fused-ring (bicyclic) bond motifs is 1. The summed E-state index contributed by atoms with van der Waals surface area (Å²) in [7, 11) is -3.93. The largest absolute Gasteiger partial charge is 0.338 e. The first-order valence-electron chi connectivity index (χ1n) is 9.74. The van der Waals surface area contributed by atoms with Crippen molar-refractivity contribution in [1.82, 2.24) is 4.90 Å². The summed E-state index contributed by atoms with van der Waals surface area (Å²) in [6.45, 7) is 5.37. The molecule has 1 saturated heterocycles. The predicted molar refractivity (Wildman–Crippen MR) is 115 cm³/mol. The van der Waals surface area contributed by atoms with E-state index in [1.54, 1.807) is 21.9 Å². The third-order valence-electron chi connectivity index (χ3n) is 5.43. The molecule has 29 heavy (non-hydrogen) atoms. The number of rotatable bonds is 3. The van der Waals surface area contributed by atoms with Gasteiger partial charge in [0, 0.05) is 30.0 Å². The highest BCUT2D eigenvalue weighted by molar-refractivity contribution is 7.96. The van der Waals surface area contributed by atoms with Crippen molar-refractivity contribution in [1.29, 1.82) is 0 Å². The maximum Gasteiger partial charge on any atom is 0.267 e. The van der Waals surface area contributed by atoms with Crippen LogP contribution in [-0.2, 0) is 14.6 Å². The van der Waals surface area contributed by atoms with Crippen molar-refractivity contribution in [3.05, 3.63) is 64.2 Å². The maximum absolute atomic E-state index is 13.3. The van der Waals surface area contributed by atoms with Crippen molar-refractivity contribution < 1.29 is 13.2 Å². The van der Waals surface area contributed by atoms with Gasteiger partial charge in [-0.1, -0.05) is 37.6 Å². The normalized spacial score (nSPS) is 18.0. The first-order valence-corrected chi connectivity index (χ1v) is 11.6. The minimum absolute atomic E-state index is 0.0990. The number of hydrogen-bond acceptors (Lipinski definition) is 4. The van der Waals surface area contributed by atoms with Crippen molar-refractivity contribution in [2.24, 2.45) is 0 Å². The lowest BCUT2D eigenvalue weighted by molar-refractivity contribution is -0.125. The number of hydrogen-bond donors (Lipinski definition) is 0. The predicted octanol–water partition coefficient (Wildman–Crippen LogP) is 4.85. The zero-order valence-corrected chi connectivity index (χ0v) is 18.0. The van der Waals surface area contributed by atoms with Crippen molar-refractivity contribution in [3.63, 3.8) is 0 Å². The smallest absolute Gasteiger partial charge is 0.267 e. The number of nitrogens with zero attached hydrogens (tertiary/aromatic N) is 2. The van der Waals surface area contributed by atoms with Gasteiger partial charge in [-0.05, 0) is 54.7 Å². The molecule has 0 bridgehead atoms. The maximum atomic E-state index is 13.3. The fourth-order valence-electron chi connectivity index (χ4n) is 3.77. The molecule has 0 unspecified atom stereocenters. The number of anilines is 2. The second-order valence-corrected chi connectivity index (χ2v) is 10.1. The molecule has 2 aliphatic heterocycles. The van der Waals surface area contributed by atoms with E-state index in [1.807, 2.05) is 24.3 Å². The van der Waals surface area contributed by atoms with Gasteiger partial charge in [0.25, 0.3) is 5.91 Å². The van der Waals surface area contributed by atoms with E-state index in [4.69, 9.17) is 11.6 Å². The molecule has 152 valence electrons. The molecule has 2 aliphatic rings. The molecule has 0 radical (unpaired) electrons. The van der Waals surface area contributed by atoms with Crippen LogP contribution in [0.4, 0.5) is 11.4 Å². The molecule has 0 N–H and O–H groups in total. The van der Waals surface area contributed by atoms with Crippen LogP contribution in [-0.4, -0.2) is 32.3 Å². The molecule has 2 heterocycles. The highest BCUT2D eigenvalue weighted by Gasteiger charge is 2.38. The zero-order chi connectivity index (χ0) is 20.8. The van der Waals surface area contributed by atoms with Gasteiger partial charge in [-0.15, -0.1) is 0 Å². The van der Waals surface area contributed by atoms with E-state index in [9.17, 15) is 13.2 Å². The van der Waals surface area contributed by atoms with Crippen LogP contribution in [0.5, 0.6) is 0 Å². The lowest BCUT2D eigenvalue weighted by Crippen LogP contribution is -2.35. The fourth-order valence-corrected chi connectivity index (χ4v) is 5.46. The Morgan fingerprint density at radius 2 is 1.79 bits per heavy atom. The Labute approximate surface area is 176 Å². The minimum atomic E-state index is -3.93. The molecule has 2 aromatic carbocycles. The number of carbonyl (C=O) groups is 1. The zero-order valence-electron chi connectivity index (χ0n) is 16.4. The number of amides is 1. The Hall–Kier alpha value is -2.31. The third-order valence-corrected chi connectivity index (χ3v) is 7.44. The van der Waals surface area contributed by atoms with E-state index in [0.717, 1.165) is 24.1 Å². The first kappa shape index (κ1) is 20.0. The third kappa shape index (κ3) is 3.55. The van der Waals surface area contributed by atoms with Crippen LogP contribution in [0.1, 0.15) is 38.2 Å². The molecular formula is C22H23ClN2O3S. The summed E-state index contributed by atoms with van der Waals surface area (Å²) >= 11 is 6.19. The van der Waals surface area contributed by atoms with E-state index >= 15 is 0 Å². The van der Waals surface area contributed by atoms with E-state index < -0.39 is 15.7 Å². The van der Waals surface area contributed by atoms with Crippen molar-refractivity contribution >= 4 is 38.7 Å². The summed E-state index contributed by atoms with van der Waals surface area (Å²) in [4.78, 5) is 16.4. The van der Waals surface area contributed by atoms with Gasteiger partial charge in [0.15, 0.2) is 4.91 Å². The lowest BCUT2D eigenvalue weighted by atomic mass is 10.0. The second-order valence-electron chi connectivity index (χ2n) is 7.73. The van der Waals surface area contributed by atoms with Crippen LogP contribution >= 0.6 is 11.6 Å². The van der Waals surface area contributed by atoms with Crippen LogP contribution in [0, 0.1) is 0 Å². The molecule has 1 fully saturated rings. The minimum Gasteiger partial charge on any atom is -0.338 e. The molecule has 0 aliphatic carbocycles. The number of carbonyl (C=O) groups excluding carboxylic acids is 1. The van der Waals surface area contributed by atoms with Crippen LogP contribution < -0.4 is 4.90 Å². The highest BCUT2D eigenvalue weighted by atomic mass is 35.5. The number of sulfone groups is 1. The molecular weight excluding hydrogens is 408 g/mol. The molecule has 0 atom stereocenters. The topological polar surface area (TPSA) is 57.7 Å². The van der Waals surface area contributed by atoms with Gasteiger partial charge in [-0.25, -0.2) is 8.42 Å². The average molecular weight is 431 g/mol. The molecule has 0 saturated carbocycles. The van der Waals surface area contributed by atoms with Gasteiger partial charge in [-0.3, -0.25) is 4.79 Å². The molecule has 2 aromatic rings. The molecule has 4 rings (SSSR count). The first-order chi connectivity index (χ1) is 13.8. The SMILES string of the molecule is CC(C)c1cccc(N2C=C(C(=O)N3CCCC3)S(=O)(=O)c3ccc(Cl)cc32)c1. The van der Waals surface area contributed by atoms with Gasteiger partial charge < -0.3 is 9.80 Å². The molecule has 0 spiro atoms. The van der Waals surface area contributed by atoms with Gasteiger partial charge in [-0.2, -0.15) is 0 Å². The van der Waals surface area contributed by atoms with E-state index in [0.29, 0.717) is 29.7 Å². The molecule has 7 heteroatoms. The fraction of sp³-hybridized carbons (Fsp3) is 0.318. The molecule has 5 nitrogen and oxygen atoms in total. The van der Waals surface area contributed by atoms with E-state index in [-0.39, 0.29) is 9.80 Å². The molecule has 0 aromatic heterocycles. The Bertz CT molecular complexity index is 1100. The summed E-state index contributed by atoms with van der Waals surface area (Å²) in [5.74, 6) is -0.120. The number of halogens is 1. The Balaban J connectivity index is 1.90. The van der Waals surface area contributed by atoms with Crippen LogP contribution in [0.15, 0.2) is 58.5 Å². The van der Waals surface area contributed by atoms with E-state index in [1.165, 1.54) is 12.3 Å². The Morgan fingerprint density at radius 1 is 1.07 bits per heavy atom. The van der Waals surface area contributed by atoms with Crippen molar-refractivity contribution in [2.75, 3.05) is 18.0 Å². The number of likely N-dealkylation sites (tertiary alicyclic amines) is 1. The Kier molecular flexibility index (Phi) is 5.17. The number of benzene rings is 2.